The van der Waals surface area contributed by atoms with Crippen molar-refractivity contribution in [2.75, 3.05) is 17.0 Å². The number of benzene rings is 3. The summed E-state index contributed by atoms with van der Waals surface area (Å²) >= 11 is 0. The van der Waals surface area contributed by atoms with E-state index in [1.165, 1.54) is 0 Å². The molecule has 0 atom stereocenters. The first kappa shape index (κ1) is 15.1. The van der Waals surface area contributed by atoms with Crippen molar-refractivity contribution in [2.24, 2.45) is 5.10 Å². The van der Waals surface area contributed by atoms with Crippen LogP contribution in [0.4, 0.5) is 17.1 Å². The van der Waals surface area contributed by atoms with E-state index >= 15 is 0 Å². The SMILES string of the molecule is CN1C(=O)/C(=N\N(c2ccccc2)c2ccccc2)c2ccccc21. The number of anilines is 3. The van der Waals surface area contributed by atoms with E-state index in [0.29, 0.717) is 5.71 Å². The monoisotopic (exact) mass is 327 g/mol. The summed E-state index contributed by atoms with van der Waals surface area (Å²) in [5.41, 5.74) is 3.99. The molecule has 1 amide bonds. The molecule has 0 aromatic heterocycles. The van der Waals surface area contributed by atoms with Crippen LogP contribution >= 0.6 is 0 Å². The zero-order valence-electron chi connectivity index (χ0n) is 13.8. The second-order valence-electron chi connectivity index (χ2n) is 5.81. The maximum absolute atomic E-state index is 12.7. The Morgan fingerprint density at radius 3 is 1.88 bits per heavy atom. The van der Waals surface area contributed by atoms with E-state index in [2.05, 4.69) is 0 Å². The fourth-order valence-corrected chi connectivity index (χ4v) is 2.95. The van der Waals surface area contributed by atoms with Crippen LogP contribution < -0.4 is 9.91 Å². The lowest BCUT2D eigenvalue weighted by Crippen LogP contribution is -2.27. The van der Waals surface area contributed by atoms with Crippen LogP contribution in [0, 0.1) is 0 Å². The van der Waals surface area contributed by atoms with Gasteiger partial charge in [0.05, 0.1) is 17.1 Å². The quantitative estimate of drug-likeness (QED) is 0.676. The van der Waals surface area contributed by atoms with E-state index in [-0.39, 0.29) is 5.91 Å². The molecule has 0 saturated carbocycles. The number of nitrogens with zero attached hydrogens (tertiary/aromatic N) is 3. The highest BCUT2D eigenvalue weighted by Crippen LogP contribution is 2.31. The Morgan fingerprint density at radius 1 is 0.760 bits per heavy atom. The standard InChI is InChI=1S/C21H17N3O/c1-23-19-15-9-8-14-18(19)20(21(23)25)22-24(16-10-4-2-5-11-16)17-12-6-3-7-13-17/h2-15H,1H3/b22-20-. The van der Waals surface area contributed by atoms with Gasteiger partial charge in [0.2, 0.25) is 0 Å². The van der Waals surface area contributed by atoms with Crippen LogP contribution in [-0.4, -0.2) is 18.7 Å². The molecule has 122 valence electrons. The minimum atomic E-state index is -0.0990. The summed E-state index contributed by atoms with van der Waals surface area (Å²) in [7, 11) is 1.78. The molecule has 0 fully saturated rings. The van der Waals surface area contributed by atoms with Crippen LogP contribution in [0.25, 0.3) is 0 Å². The maximum Gasteiger partial charge on any atom is 0.279 e. The van der Waals surface area contributed by atoms with Gasteiger partial charge in [-0.2, -0.15) is 5.10 Å². The summed E-state index contributed by atoms with van der Waals surface area (Å²) in [4.78, 5) is 14.4. The Morgan fingerprint density at radius 2 is 1.28 bits per heavy atom. The number of hydrogen-bond donors (Lipinski definition) is 0. The molecule has 1 heterocycles. The summed E-state index contributed by atoms with van der Waals surface area (Å²) in [6.45, 7) is 0. The normalized spacial score (nSPS) is 14.7. The minimum absolute atomic E-state index is 0.0990. The molecule has 0 unspecified atom stereocenters. The van der Waals surface area contributed by atoms with Crippen LogP contribution in [0.15, 0.2) is 90.0 Å². The first-order valence-electron chi connectivity index (χ1n) is 8.12. The van der Waals surface area contributed by atoms with Gasteiger partial charge in [-0.05, 0) is 30.3 Å². The van der Waals surface area contributed by atoms with Crippen molar-refractivity contribution in [3.8, 4) is 0 Å². The molecule has 3 aromatic carbocycles. The number of carbonyl (C=O) groups excluding carboxylic acids is 1. The smallest absolute Gasteiger partial charge is 0.279 e. The molecule has 4 nitrogen and oxygen atoms in total. The first-order chi connectivity index (χ1) is 12.3. The molecule has 0 spiro atoms. The molecule has 0 bridgehead atoms. The van der Waals surface area contributed by atoms with Gasteiger partial charge in [0.15, 0.2) is 5.71 Å². The molecular weight excluding hydrogens is 310 g/mol. The summed E-state index contributed by atoms with van der Waals surface area (Å²) in [6.07, 6.45) is 0. The number of hydrazone groups is 1. The van der Waals surface area contributed by atoms with Gasteiger partial charge in [-0.25, -0.2) is 5.01 Å². The lowest BCUT2D eigenvalue weighted by atomic mass is 10.1. The Kier molecular flexibility index (Phi) is 3.78. The lowest BCUT2D eigenvalue weighted by molar-refractivity contribution is -0.111. The minimum Gasteiger partial charge on any atom is -0.309 e. The average molecular weight is 327 g/mol. The van der Waals surface area contributed by atoms with Crippen molar-refractivity contribution < 1.29 is 4.79 Å². The van der Waals surface area contributed by atoms with Gasteiger partial charge in [-0.1, -0.05) is 54.6 Å². The number of para-hydroxylation sites is 3. The van der Waals surface area contributed by atoms with Crippen LogP contribution in [0.2, 0.25) is 0 Å². The number of fused-ring (bicyclic) bond motifs is 1. The predicted molar refractivity (Wildman–Crippen MR) is 101 cm³/mol. The lowest BCUT2D eigenvalue weighted by Gasteiger charge is -2.20. The van der Waals surface area contributed by atoms with Crippen molar-refractivity contribution in [3.63, 3.8) is 0 Å². The number of rotatable bonds is 3. The third kappa shape index (κ3) is 2.68. The molecule has 4 heteroatoms. The van der Waals surface area contributed by atoms with Crippen LogP contribution in [0.5, 0.6) is 0 Å². The maximum atomic E-state index is 12.7. The zero-order chi connectivity index (χ0) is 17.2. The van der Waals surface area contributed by atoms with E-state index < -0.39 is 0 Å². The molecule has 0 radical (unpaired) electrons. The van der Waals surface area contributed by atoms with Gasteiger partial charge in [-0.3, -0.25) is 4.79 Å². The molecule has 1 aliphatic rings. The molecule has 1 aliphatic heterocycles. The third-order valence-electron chi connectivity index (χ3n) is 4.23. The van der Waals surface area contributed by atoms with Crippen molar-refractivity contribution in [2.45, 2.75) is 0 Å². The Bertz CT molecular complexity index is 896. The summed E-state index contributed by atoms with van der Waals surface area (Å²) in [5.74, 6) is -0.0990. The molecule has 0 saturated heterocycles. The number of likely N-dealkylation sites (N-methyl/N-ethyl adjacent to an activating group) is 1. The van der Waals surface area contributed by atoms with Crippen molar-refractivity contribution in [1.82, 2.24) is 0 Å². The second kappa shape index (κ2) is 6.24. The van der Waals surface area contributed by atoms with E-state index in [0.717, 1.165) is 22.6 Å². The second-order valence-corrected chi connectivity index (χ2v) is 5.81. The van der Waals surface area contributed by atoms with Crippen molar-refractivity contribution in [1.29, 1.82) is 0 Å². The summed E-state index contributed by atoms with van der Waals surface area (Å²) in [6, 6.07) is 27.4. The molecule has 4 rings (SSSR count). The van der Waals surface area contributed by atoms with E-state index in [1.54, 1.807) is 11.9 Å². The van der Waals surface area contributed by atoms with E-state index in [1.807, 2.05) is 89.9 Å². The van der Waals surface area contributed by atoms with E-state index in [4.69, 9.17) is 5.10 Å². The third-order valence-corrected chi connectivity index (χ3v) is 4.23. The highest BCUT2D eigenvalue weighted by Gasteiger charge is 2.32. The molecule has 0 N–H and O–H groups in total. The van der Waals surface area contributed by atoms with Gasteiger partial charge in [-0.15, -0.1) is 0 Å². The van der Waals surface area contributed by atoms with E-state index in [9.17, 15) is 4.79 Å². The van der Waals surface area contributed by atoms with Crippen molar-refractivity contribution in [3.05, 3.63) is 90.5 Å². The molecule has 0 aliphatic carbocycles. The Labute approximate surface area is 146 Å². The van der Waals surface area contributed by atoms with Crippen LogP contribution in [0.3, 0.4) is 0 Å². The summed E-state index contributed by atoms with van der Waals surface area (Å²) < 4.78 is 0. The highest BCUT2D eigenvalue weighted by molar-refractivity contribution is 6.54. The fraction of sp³-hybridized carbons (Fsp3) is 0.0476. The van der Waals surface area contributed by atoms with Gasteiger partial charge < -0.3 is 4.90 Å². The number of amides is 1. The Hall–Kier alpha value is -3.40. The molecule has 3 aromatic rings. The first-order valence-corrected chi connectivity index (χ1v) is 8.12. The Balaban J connectivity index is 1.87. The van der Waals surface area contributed by atoms with Crippen LogP contribution in [-0.2, 0) is 4.79 Å². The van der Waals surface area contributed by atoms with Crippen LogP contribution in [0.1, 0.15) is 5.56 Å². The fourth-order valence-electron chi connectivity index (χ4n) is 2.95. The van der Waals surface area contributed by atoms with Gasteiger partial charge >= 0.3 is 0 Å². The highest BCUT2D eigenvalue weighted by atomic mass is 16.2. The molecular formula is C21H17N3O. The molecule has 25 heavy (non-hydrogen) atoms. The zero-order valence-corrected chi connectivity index (χ0v) is 13.8. The summed E-state index contributed by atoms with van der Waals surface area (Å²) in [5, 5.41) is 6.56. The van der Waals surface area contributed by atoms with Gasteiger partial charge in [0.25, 0.3) is 5.91 Å². The van der Waals surface area contributed by atoms with Gasteiger partial charge in [0, 0.05) is 12.6 Å². The largest absolute Gasteiger partial charge is 0.309 e. The van der Waals surface area contributed by atoms with Crippen molar-refractivity contribution >= 4 is 28.7 Å². The average Bonchev–Trinajstić information content (AvgIpc) is 2.92. The van der Waals surface area contributed by atoms with Gasteiger partial charge in [0.1, 0.15) is 0 Å². The number of hydrogen-bond acceptors (Lipinski definition) is 3. The number of carbonyl (C=O) groups is 1. The predicted octanol–water partition coefficient (Wildman–Crippen LogP) is 4.21. The topological polar surface area (TPSA) is 35.9 Å².